The molecule has 2 aromatic carbocycles. The first-order valence-electron chi connectivity index (χ1n) is 5.81. The Bertz CT molecular complexity index is 606. The van der Waals surface area contributed by atoms with Crippen LogP contribution in [0, 0.1) is 6.92 Å². The van der Waals surface area contributed by atoms with Gasteiger partial charge in [0.25, 0.3) is 5.91 Å². The molecule has 1 amide bonds. The van der Waals surface area contributed by atoms with Gasteiger partial charge in [0.1, 0.15) is 0 Å². The maximum Gasteiger partial charge on any atom is 0.272 e. The third-order valence-electron chi connectivity index (χ3n) is 2.58. The van der Waals surface area contributed by atoms with Crippen molar-refractivity contribution in [3.63, 3.8) is 0 Å². The summed E-state index contributed by atoms with van der Waals surface area (Å²) in [6, 6.07) is 14.7. The Morgan fingerprint density at radius 2 is 1.84 bits per heavy atom. The van der Waals surface area contributed by atoms with Crippen molar-refractivity contribution in [3.05, 3.63) is 70.2 Å². The molecule has 0 saturated carbocycles. The van der Waals surface area contributed by atoms with Crippen LogP contribution in [0.3, 0.4) is 0 Å². The Labute approximate surface area is 116 Å². The summed E-state index contributed by atoms with van der Waals surface area (Å²) in [6.45, 7) is 2.01. The molecule has 19 heavy (non-hydrogen) atoms. The molecule has 0 aliphatic heterocycles. The maximum absolute atomic E-state index is 11.8. The Hall–Kier alpha value is -2.13. The zero-order valence-corrected chi connectivity index (χ0v) is 11.2. The van der Waals surface area contributed by atoms with Crippen LogP contribution in [0.25, 0.3) is 0 Å². The molecule has 1 N–H and O–H groups in total. The number of hydrazone groups is 1. The standard InChI is InChI=1S/C15H13ClN2O/c1-11-6-8-12(9-7-11)10-17-18-15(19)13-4-2-3-5-14(13)16/h2-10H,1H3,(H,18,19)/b17-10-. The molecular weight excluding hydrogens is 260 g/mol. The lowest BCUT2D eigenvalue weighted by molar-refractivity contribution is 0.0955. The highest BCUT2D eigenvalue weighted by Gasteiger charge is 2.07. The summed E-state index contributed by atoms with van der Waals surface area (Å²) in [5.41, 5.74) is 4.96. The lowest BCUT2D eigenvalue weighted by Gasteiger charge is -2.01. The van der Waals surface area contributed by atoms with Gasteiger partial charge < -0.3 is 0 Å². The Balaban J connectivity index is 2.01. The number of nitrogens with one attached hydrogen (secondary N) is 1. The summed E-state index contributed by atoms with van der Waals surface area (Å²) in [4.78, 5) is 11.8. The van der Waals surface area contributed by atoms with E-state index in [9.17, 15) is 4.79 Å². The third kappa shape index (κ3) is 3.66. The van der Waals surface area contributed by atoms with Gasteiger partial charge in [0.2, 0.25) is 0 Å². The van der Waals surface area contributed by atoms with Crippen LogP contribution in [-0.4, -0.2) is 12.1 Å². The number of hydrogen-bond acceptors (Lipinski definition) is 2. The molecule has 0 heterocycles. The van der Waals surface area contributed by atoms with E-state index in [0.29, 0.717) is 10.6 Å². The van der Waals surface area contributed by atoms with Crippen LogP contribution in [0.1, 0.15) is 21.5 Å². The van der Waals surface area contributed by atoms with Crippen LogP contribution in [-0.2, 0) is 0 Å². The quantitative estimate of drug-likeness (QED) is 0.675. The fraction of sp³-hybridized carbons (Fsp3) is 0.0667. The van der Waals surface area contributed by atoms with Gasteiger partial charge in [0.05, 0.1) is 16.8 Å². The van der Waals surface area contributed by atoms with Gasteiger partial charge in [0, 0.05) is 0 Å². The van der Waals surface area contributed by atoms with Crippen LogP contribution in [0.4, 0.5) is 0 Å². The molecule has 2 rings (SSSR count). The van der Waals surface area contributed by atoms with Crippen LogP contribution in [0.15, 0.2) is 53.6 Å². The molecule has 0 saturated heterocycles. The summed E-state index contributed by atoms with van der Waals surface area (Å²) in [5, 5.41) is 4.31. The average Bonchev–Trinajstić information content (AvgIpc) is 2.41. The van der Waals surface area contributed by atoms with Crippen molar-refractivity contribution >= 4 is 23.7 Å². The molecular formula is C15H13ClN2O. The van der Waals surface area contributed by atoms with Gasteiger partial charge in [-0.25, -0.2) is 5.43 Å². The Morgan fingerprint density at radius 1 is 1.16 bits per heavy atom. The first kappa shape index (κ1) is 13.3. The third-order valence-corrected chi connectivity index (χ3v) is 2.91. The minimum Gasteiger partial charge on any atom is -0.267 e. The number of halogens is 1. The van der Waals surface area contributed by atoms with Gasteiger partial charge in [0.15, 0.2) is 0 Å². The predicted octanol–water partition coefficient (Wildman–Crippen LogP) is 3.41. The van der Waals surface area contributed by atoms with E-state index in [-0.39, 0.29) is 5.91 Å². The molecule has 2 aromatic rings. The van der Waals surface area contributed by atoms with E-state index in [1.165, 1.54) is 5.56 Å². The molecule has 0 atom stereocenters. The van der Waals surface area contributed by atoms with Crippen molar-refractivity contribution in [2.24, 2.45) is 5.10 Å². The maximum atomic E-state index is 11.8. The van der Waals surface area contributed by atoms with Crippen LogP contribution in [0.2, 0.25) is 5.02 Å². The van der Waals surface area contributed by atoms with Gasteiger partial charge in [-0.05, 0) is 24.6 Å². The van der Waals surface area contributed by atoms with Crippen molar-refractivity contribution in [2.75, 3.05) is 0 Å². The lowest BCUT2D eigenvalue weighted by atomic mass is 10.2. The van der Waals surface area contributed by atoms with E-state index in [1.54, 1.807) is 30.5 Å². The van der Waals surface area contributed by atoms with Crippen molar-refractivity contribution in [3.8, 4) is 0 Å². The van der Waals surface area contributed by atoms with Gasteiger partial charge in [-0.3, -0.25) is 4.79 Å². The van der Waals surface area contributed by atoms with Gasteiger partial charge in [-0.2, -0.15) is 5.10 Å². The monoisotopic (exact) mass is 272 g/mol. The number of carbonyl (C=O) groups is 1. The van der Waals surface area contributed by atoms with Crippen molar-refractivity contribution in [2.45, 2.75) is 6.92 Å². The molecule has 0 aromatic heterocycles. The molecule has 96 valence electrons. The number of aryl methyl sites for hydroxylation is 1. The normalized spacial score (nSPS) is 10.6. The second kappa shape index (κ2) is 6.16. The Morgan fingerprint density at radius 3 is 2.53 bits per heavy atom. The fourth-order valence-electron chi connectivity index (χ4n) is 1.52. The van der Waals surface area contributed by atoms with Crippen molar-refractivity contribution in [1.29, 1.82) is 0 Å². The second-order valence-corrected chi connectivity index (χ2v) is 4.50. The van der Waals surface area contributed by atoms with E-state index in [1.807, 2.05) is 31.2 Å². The number of hydrogen-bond donors (Lipinski definition) is 1. The molecule has 0 fully saturated rings. The van der Waals surface area contributed by atoms with Crippen LogP contribution >= 0.6 is 11.6 Å². The zero-order chi connectivity index (χ0) is 13.7. The summed E-state index contributed by atoms with van der Waals surface area (Å²) in [5.74, 6) is -0.325. The molecule has 0 aliphatic carbocycles. The van der Waals surface area contributed by atoms with E-state index >= 15 is 0 Å². The number of rotatable bonds is 3. The number of carbonyl (C=O) groups excluding carboxylic acids is 1. The highest BCUT2D eigenvalue weighted by molar-refractivity contribution is 6.33. The van der Waals surface area contributed by atoms with E-state index in [2.05, 4.69) is 10.5 Å². The van der Waals surface area contributed by atoms with E-state index in [4.69, 9.17) is 11.6 Å². The molecule has 0 unspecified atom stereocenters. The minimum atomic E-state index is -0.325. The predicted molar refractivity (Wildman–Crippen MR) is 77.7 cm³/mol. The van der Waals surface area contributed by atoms with Gasteiger partial charge >= 0.3 is 0 Å². The average molecular weight is 273 g/mol. The van der Waals surface area contributed by atoms with E-state index in [0.717, 1.165) is 5.56 Å². The summed E-state index contributed by atoms with van der Waals surface area (Å²) >= 11 is 5.92. The molecule has 0 radical (unpaired) electrons. The smallest absolute Gasteiger partial charge is 0.267 e. The zero-order valence-electron chi connectivity index (χ0n) is 10.4. The highest BCUT2D eigenvalue weighted by Crippen LogP contribution is 2.14. The highest BCUT2D eigenvalue weighted by atomic mass is 35.5. The summed E-state index contributed by atoms with van der Waals surface area (Å²) < 4.78 is 0. The molecule has 3 nitrogen and oxygen atoms in total. The SMILES string of the molecule is Cc1ccc(/C=N\NC(=O)c2ccccc2Cl)cc1. The van der Waals surface area contributed by atoms with Gasteiger partial charge in [-0.15, -0.1) is 0 Å². The molecule has 0 spiro atoms. The lowest BCUT2D eigenvalue weighted by Crippen LogP contribution is -2.17. The number of amides is 1. The first-order chi connectivity index (χ1) is 9.16. The second-order valence-electron chi connectivity index (χ2n) is 4.09. The fourth-order valence-corrected chi connectivity index (χ4v) is 1.75. The topological polar surface area (TPSA) is 41.5 Å². The van der Waals surface area contributed by atoms with E-state index < -0.39 is 0 Å². The molecule has 0 aliphatic rings. The minimum absolute atomic E-state index is 0.325. The molecule has 4 heteroatoms. The van der Waals surface area contributed by atoms with Crippen molar-refractivity contribution in [1.82, 2.24) is 5.43 Å². The Kier molecular flexibility index (Phi) is 4.31. The van der Waals surface area contributed by atoms with Crippen molar-refractivity contribution < 1.29 is 4.79 Å². The number of benzene rings is 2. The summed E-state index contributed by atoms with van der Waals surface area (Å²) in [6.07, 6.45) is 1.59. The van der Waals surface area contributed by atoms with Crippen LogP contribution < -0.4 is 5.43 Å². The van der Waals surface area contributed by atoms with Gasteiger partial charge in [-0.1, -0.05) is 53.6 Å². The number of nitrogens with zero attached hydrogens (tertiary/aromatic N) is 1. The van der Waals surface area contributed by atoms with Crippen LogP contribution in [0.5, 0.6) is 0 Å². The summed E-state index contributed by atoms with van der Waals surface area (Å²) in [7, 11) is 0. The first-order valence-corrected chi connectivity index (χ1v) is 6.19. The largest absolute Gasteiger partial charge is 0.272 e. The molecule has 0 bridgehead atoms.